The zero-order valence-corrected chi connectivity index (χ0v) is 15.0. The van der Waals surface area contributed by atoms with Gasteiger partial charge >= 0.3 is 5.97 Å². The maximum absolute atomic E-state index is 11.0. The number of nitrogens with zero attached hydrogens (tertiary/aromatic N) is 2. The molecule has 1 aromatic rings. The number of ether oxygens (including phenoxy) is 1. The molecule has 0 aliphatic rings. The van der Waals surface area contributed by atoms with Crippen molar-refractivity contribution in [2.24, 2.45) is 4.99 Å². The molecule has 0 spiro atoms. The fourth-order valence-electron chi connectivity index (χ4n) is 2.02. The Kier molecular flexibility index (Phi) is 8.58. The molecule has 0 bridgehead atoms. The summed E-state index contributed by atoms with van der Waals surface area (Å²) < 4.78 is 5.69. The highest BCUT2D eigenvalue weighted by Crippen LogP contribution is 2.11. The predicted octanol–water partition coefficient (Wildman–Crippen LogP) is 2.80. The summed E-state index contributed by atoms with van der Waals surface area (Å²) in [6.45, 7) is 1.57. The molecular formula is C16H24BrN3O2. The molecule has 0 aliphatic heterocycles. The van der Waals surface area contributed by atoms with Crippen LogP contribution in [0.1, 0.15) is 24.8 Å². The van der Waals surface area contributed by atoms with E-state index in [9.17, 15) is 4.79 Å². The molecule has 1 rings (SSSR count). The highest BCUT2D eigenvalue weighted by atomic mass is 79.9. The maximum atomic E-state index is 11.0. The van der Waals surface area contributed by atoms with E-state index in [0.717, 1.165) is 36.4 Å². The summed E-state index contributed by atoms with van der Waals surface area (Å²) in [7, 11) is 5.19. The molecule has 22 heavy (non-hydrogen) atoms. The van der Waals surface area contributed by atoms with E-state index in [1.165, 1.54) is 12.7 Å². The van der Waals surface area contributed by atoms with Crippen molar-refractivity contribution in [3.8, 4) is 0 Å². The normalized spacial score (nSPS) is 11.2. The van der Waals surface area contributed by atoms with E-state index < -0.39 is 0 Å². The van der Waals surface area contributed by atoms with Crippen molar-refractivity contribution in [1.29, 1.82) is 0 Å². The Balaban J connectivity index is 2.34. The van der Waals surface area contributed by atoms with Gasteiger partial charge in [0.05, 0.1) is 7.11 Å². The minimum absolute atomic E-state index is 0.156. The Morgan fingerprint density at radius 2 is 2.00 bits per heavy atom. The molecule has 0 amide bonds. The van der Waals surface area contributed by atoms with Gasteiger partial charge in [-0.3, -0.25) is 9.79 Å². The molecule has 0 heterocycles. The lowest BCUT2D eigenvalue weighted by atomic mass is 10.2. The summed E-state index contributed by atoms with van der Waals surface area (Å²) in [4.78, 5) is 17.4. The number of unbranched alkanes of at least 4 members (excludes halogenated alkanes) is 1. The van der Waals surface area contributed by atoms with Gasteiger partial charge in [0.15, 0.2) is 5.96 Å². The number of halogens is 1. The van der Waals surface area contributed by atoms with E-state index in [4.69, 9.17) is 0 Å². The van der Waals surface area contributed by atoms with Crippen LogP contribution in [0.15, 0.2) is 33.7 Å². The van der Waals surface area contributed by atoms with Gasteiger partial charge in [0.2, 0.25) is 0 Å². The minimum Gasteiger partial charge on any atom is -0.469 e. The van der Waals surface area contributed by atoms with E-state index in [-0.39, 0.29) is 5.97 Å². The quantitative estimate of drug-likeness (QED) is 0.347. The van der Waals surface area contributed by atoms with E-state index in [2.05, 4.69) is 48.0 Å². The first kappa shape index (κ1) is 18.5. The van der Waals surface area contributed by atoms with Crippen LogP contribution in [0.5, 0.6) is 0 Å². The van der Waals surface area contributed by atoms with Crippen LogP contribution in [0.2, 0.25) is 0 Å². The van der Waals surface area contributed by atoms with Crippen LogP contribution >= 0.6 is 15.9 Å². The molecular weight excluding hydrogens is 346 g/mol. The highest BCUT2D eigenvalue weighted by Gasteiger charge is 2.06. The number of rotatable bonds is 7. The zero-order valence-electron chi connectivity index (χ0n) is 13.4. The number of benzene rings is 1. The summed E-state index contributed by atoms with van der Waals surface area (Å²) in [6, 6.07) is 8.24. The smallest absolute Gasteiger partial charge is 0.305 e. The third-order valence-corrected chi connectivity index (χ3v) is 3.75. The third kappa shape index (κ3) is 6.93. The lowest BCUT2D eigenvalue weighted by Gasteiger charge is -2.22. The average Bonchev–Trinajstić information content (AvgIpc) is 2.52. The largest absolute Gasteiger partial charge is 0.469 e. The molecule has 5 nitrogen and oxygen atoms in total. The Morgan fingerprint density at radius 3 is 2.59 bits per heavy atom. The van der Waals surface area contributed by atoms with Crippen molar-refractivity contribution < 1.29 is 9.53 Å². The average molecular weight is 370 g/mol. The van der Waals surface area contributed by atoms with E-state index in [1.54, 1.807) is 7.05 Å². The van der Waals surface area contributed by atoms with Gasteiger partial charge in [-0.2, -0.15) is 0 Å². The van der Waals surface area contributed by atoms with Crippen LogP contribution in [-0.2, 0) is 16.1 Å². The molecule has 122 valence electrons. The number of carbonyl (C=O) groups excluding carboxylic acids is 1. The molecule has 6 heteroatoms. The van der Waals surface area contributed by atoms with Gasteiger partial charge in [-0.15, -0.1) is 0 Å². The molecule has 0 unspecified atom stereocenters. The van der Waals surface area contributed by atoms with Crippen LogP contribution in [-0.4, -0.2) is 44.6 Å². The predicted molar refractivity (Wildman–Crippen MR) is 92.8 cm³/mol. The monoisotopic (exact) mass is 369 g/mol. The standard InChI is InChI=1S/C16H24BrN3O2/c1-18-16(19-11-5-4-6-15(21)22-3)20(2)12-13-7-9-14(17)10-8-13/h7-10H,4-6,11-12H2,1-3H3,(H,18,19). The number of hydrogen-bond acceptors (Lipinski definition) is 3. The van der Waals surface area contributed by atoms with E-state index in [1.807, 2.05) is 19.2 Å². The number of guanidine groups is 1. The van der Waals surface area contributed by atoms with Gasteiger partial charge < -0.3 is 15.0 Å². The summed E-state index contributed by atoms with van der Waals surface area (Å²) >= 11 is 3.44. The van der Waals surface area contributed by atoms with Crippen LogP contribution in [0.3, 0.4) is 0 Å². The molecule has 0 saturated heterocycles. The second kappa shape index (κ2) is 10.2. The Hall–Kier alpha value is -1.56. The van der Waals surface area contributed by atoms with Crippen LogP contribution in [0.4, 0.5) is 0 Å². The van der Waals surface area contributed by atoms with Crippen LogP contribution in [0, 0.1) is 0 Å². The number of nitrogens with one attached hydrogen (secondary N) is 1. The van der Waals surface area contributed by atoms with Gasteiger partial charge in [-0.1, -0.05) is 28.1 Å². The van der Waals surface area contributed by atoms with Crippen LogP contribution < -0.4 is 5.32 Å². The first-order valence-corrected chi connectivity index (χ1v) is 8.09. The molecule has 1 N–H and O–H groups in total. The van der Waals surface area contributed by atoms with Crippen LogP contribution in [0.25, 0.3) is 0 Å². The van der Waals surface area contributed by atoms with Gasteiger partial charge in [0, 0.05) is 38.1 Å². The molecule has 0 fully saturated rings. The van der Waals surface area contributed by atoms with Gasteiger partial charge in [0.25, 0.3) is 0 Å². The molecule has 0 aromatic heterocycles. The van der Waals surface area contributed by atoms with Gasteiger partial charge in [-0.05, 0) is 30.5 Å². The Bertz CT molecular complexity index is 489. The number of aliphatic imine (C=N–C) groups is 1. The molecule has 0 aliphatic carbocycles. The lowest BCUT2D eigenvalue weighted by molar-refractivity contribution is -0.140. The fraction of sp³-hybridized carbons (Fsp3) is 0.500. The number of hydrogen-bond donors (Lipinski definition) is 1. The molecule has 1 aromatic carbocycles. The number of methoxy groups -OCH3 is 1. The Morgan fingerprint density at radius 1 is 1.32 bits per heavy atom. The number of carbonyl (C=O) groups is 1. The highest BCUT2D eigenvalue weighted by molar-refractivity contribution is 9.10. The summed E-state index contributed by atoms with van der Waals surface area (Å²) in [5.41, 5.74) is 1.22. The van der Waals surface area contributed by atoms with Crippen molar-refractivity contribution in [2.75, 3.05) is 27.7 Å². The lowest BCUT2D eigenvalue weighted by Crippen LogP contribution is -2.38. The van der Waals surface area contributed by atoms with Crippen molar-refractivity contribution in [1.82, 2.24) is 10.2 Å². The minimum atomic E-state index is -0.156. The molecule has 0 atom stereocenters. The molecule has 0 radical (unpaired) electrons. The van der Waals surface area contributed by atoms with E-state index >= 15 is 0 Å². The van der Waals surface area contributed by atoms with Crippen molar-refractivity contribution >= 4 is 27.9 Å². The van der Waals surface area contributed by atoms with Crippen molar-refractivity contribution in [2.45, 2.75) is 25.8 Å². The second-order valence-electron chi connectivity index (χ2n) is 4.99. The topological polar surface area (TPSA) is 53.9 Å². The Labute approximate surface area is 140 Å². The van der Waals surface area contributed by atoms with Crippen molar-refractivity contribution in [3.05, 3.63) is 34.3 Å². The second-order valence-corrected chi connectivity index (χ2v) is 5.91. The maximum Gasteiger partial charge on any atom is 0.305 e. The van der Waals surface area contributed by atoms with E-state index in [0.29, 0.717) is 6.42 Å². The fourth-order valence-corrected chi connectivity index (χ4v) is 2.28. The SMILES string of the molecule is CN=C(NCCCCC(=O)OC)N(C)Cc1ccc(Br)cc1. The molecule has 0 saturated carbocycles. The van der Waals surface area contributed by atoms with Gasteiger partial charge in [0.1, 0.15) is 0 Å². The zero-order chi connectivity index (χ0) is 16.4. The summed E-state index contributed by atoms with van der Waals surface area (Å²) in [6.07, 6.45) is 2.18. The van der Waals surface area contributed by atoms with Gasteiger partial charge in [-0.25, -0.2) is 0 Å². The first-order valence-electron chi connectivity index (χ1n) is 7.30. The first-order chi connectivity index (χ1) is 10.6. The van der Waals surface area contributed by atoms with Crippen molar-refractivity contribution in [3.63, 3.8) is 0 Å². The number of esters is 1. The summed E-state index contributed by atoms with van der Waals surface area (Å²) in [5, 5.41) is 3.31. The summed E-state index contributed by atoms with van der Waals surface area (Å²) in [5.74, 6) is 0.692. The third-order valence-electron chi connectivity index (χ3n) is 3.22.